The summed E-state index contributed by atoms with van der Waals surface area (Å²) >= 11 is 1.28. The lowest BCUT2D eigenvalue weighted by Crippen LogP contribution is -2.44. The minimum Gasteiger partial charge on any atom is -0.384 e. The summed E-state index contributed by atoms with van der Waals surface area (Å²) in [5.41, 5.74) is 5.81. The van der Waals surface area contributed by atoms with Crippen LogP contribution < -0.4 is 17.0 Å². The number of nitrogens with two attached hydrogens (primary N) is 1. The van der Waals surface area contributed by atoms with E-state index in [1.54, 1.807) is 6.92 Å². The highest BCUT2D eigenvalue weighted by Gasteiger charge is 2.36. The summed E-state index contributed by atoms with van der Waals surface area (Å²) in [6.45, 7) is 2.03. The van der Waals surface area contributed by atoms with Crippen LogP contribution in [-0.2, 0) is 13.1 Å². The molecule has 0 atom stereocenters. The average molecular weight is 467 g/mol. The number of hydrogen-bond acceptors (Lipinski definition) is 7. The molecule has 2 aromatic heterocycles. The first kappa shape index (κ1) is 21.7. The van der Waals surface area contributed by atoms with E-state index in [2.05, 4.69) is 14.8 Å². The van der Waals surface area contributed by atoms with E-state index in [9.17, 15) is 14.4 Å². The van der Waals surface area contributed by atoms with E-state index in [0.29, 0.717) is 17.1 Å². The van der Waals surface area contributed by atoms with Crippen molar-refractivity contribution >= 4 is 23.4 Å². The van der Waals surface area contributed by atoms with Gasteiger partial charge in [-0.3, -0.25) is 18.7 Å². The molecule has 172 valence electrons. The Hall–Kier alpha value is -3.14. The normalized spacial score (nSPS) is 15.7. The first-order valence-corrected chi connectivity index (χ1v) is 12.3. The van der Waals surface area contributed by atoms with Crippen molar-refractivity contribution in [1.29, 1.82) is 0 Å². The third kappa shape index (κ3) is 4.15. The second-order valence-electron chi connectivity index (χ2n) is 8.59. The zero-order valence-corrected chi connectivity index (χ0v) is 19.3. The highest BCUT2D eigenvalue weighted by molar-refractivity contribution is 7.99. The standard InChI is InChI=1S/C23H26N6O3S/c1-2-27-21(31)18(19(24)28(23(27)32)12-14-6-4-3-5-7-14)17(30)13-33-22-26-25-20(15-8-9-15)29(22)16-10-11-16/h3-7,15-16H,2,8-13,24H2,1H3. The van der Waals surface area contributed by atoms with Gasteiger partial charge in [-0.2, -0.15) is 0 Å². The predicted molar refractivity (Wildman–Crippen MR) is 126 cm³/mol. The second-order valence-corrected chi connectivity index (χ2v) is 9.53. The van der Waals surface area contributed by atoms with Crippen LogP contribution in [-0.4, -0.2) is 35.4 Å². The topological polar surface area (TPSA) is 118 Å². The van der Waals surface area contributed by atoms with Crippen molar-refractivity contribution < 1.29 is 4.79 Å². The van der Waals surface area contributed by atoms with Gasteiger partial charge in [-0.25, -0.2) is 4.79 Å². The van der Waals surface area contributed by atoms with E-state index in [4.69, 9.17) is 5.73 Å². The zero-order valence-electron chi connectivity index (χ0n) is 18.4. The first-order valence-electron chi connectivity index (χ1n) is 11.3. The number of Topliss-reactive ketones (excluding diaryl/α,β-unsaturated/α-hetero) is 1. The Morgan fingerprint density at radius 2 is 1.82 bits per heavy atom. The number of nitrogen functional groups attached to an aromatic ring is 1. The van der Waals surface area contributed by atoms with E-state index in [1.807, 2.05) is 30.3 Å². The van der Waals surface area contributed by atoms with Gasteiger partial charge < -0.3 is 10.3 Å². The van der Waals surface area contributed by atoms with Gasteiger partial charge in [0.2, 0.25) is 0 Å². The Kier molecular flexibility index (Phi) is 5.69. The van der Waals surface area contributed by atoms with Crippen molar-refractivity contribution in [2.75, 3.05) is 11.5 Å². The summed E-state index contributed by atoms with van der Waals surface area (Å²) in [5, 5.41) is 9.40. The Morgan fingerprint density at radius 3 is 2.45 bits per heavy atom. The van der Waals surface area contributed by atoms with Gasteiger partial charge in [0.1, 0.15) is 17.2 Å². The van der Waals surface area contributed by atoms with Crippen molar-refractivity contribution in [3.63, 3.8) is 0 Å². The molecule has 1 aromatic carbocycles. The summed E-state index contributed by atoms with van der Waals surface area (Å²) in [7, 11) is 0. The molecule has 0 aliphatic heterocycles. The van der Waals surface area contributed by atoms with Gasteiger partial charge in [0.25, 0.3) is 5.56 Å². The summed E-state index contributed by atoms with van der Waals surface area (Å²) in [6, 6.07) is 9.74. The number of nitrogens with zero attached hydrogens (tertiary/aromatic N) is 5. The molecular weight excluding hydrogens is 440 g/mol. The van der Waals surface area contributed by atoms with Crippen molar-refractivity contribution in [2.45, 2.75) is 62.8 Å². The lowest BCUT2D eigenvalue weighted by Gasteiger charge is -2.16. The van der Waals surface area contributed by atoms with Gasteiger partial charge >= 0.3 is 5.69 Å². The molecular formula is C23H26N6O3S. The number of benzene rings is 1. The van der Waals surface area contributed by atoms with Crippen molar-refractivity contribution in [1.82, 2.24) is 23.9 Å². The molecule has 5 rings (SSSR count). The average Bonchev–Trinajstić information content (AvgIpc) is 3.75. The van der Waals surface area contributed by atoms with Crippen LogP contribution in [0, 0.1) is 0 Å². The fraction of sp³-hybridized carbons (Fsp3) is 0.435. The first-order chi connectivity index (χ1) is 16.0. The van der Waals surface area contributed by atoms with Crippen LogP contribution in [0.3, 0.4) is 0 Å². The number of carbonyl (C=O) groups is 1. The van der Waals surface area contributed by atoms with Crippen molar-refractivity contribution in [2.24, 2.45) is 0 Å². The molecule has 2 fully saturated rings. The molecule has 3 aromatic rings. The monoisotopic (exact) mass is 466 g/mol. The predicted octanol–water partition coefficient (Wildman–Crippen LogP) is 2.44. The van der Waals surface area contributed by atoms with Gasteiger partial charge in [-0.15, -0.1) is 10.2 Å². The molecule has 0 amide bonds. The van der Waals surface area contributed by atoms with Gasteiger partial charge in [-0.1, -0.05) is 42.1 Å². The molecule has 2 aliphatic rings. The number of ketones is 1. The summed E-state index contributed by atoms with van der Waals surface area (Å²) in [5.74, 6) is 0.979. The minimum absolute atomic E-state index is 0.00220. The molecule has 10 heteroatoms. The molecule has 0 saturated heterocycles. The number of hydrogen-bond donors (Lipinski definition) is 1. The minimum atomic E-state index is -0.641. The SMILES string of the molecule is CCn1c(=O)c(C(=O)CSc2nnc(C3CC3)n2C2CC2)c(N)n(Cc2ccccc2)c1=O. The van der Waals surface area contributed by atoms with Crippen molar-refractivity contribution in [3.8, 4) is 0 Å². The van der Waals surface area contributed by atoms with E-state index < -0.39 is 17.0 Å². The van der Waals surface area contributed by atoms with Crippen LogP contribution in [0.1, 0.15) is 66.3 Å². The number of rotatable bonds is 9. The molecule has 0 bridgehead atoms. The Morgan fingerprint density at radius 1 is 1.09 bits per heavy atom. The smallest absolute Gasteiger partial charge is 0.332 e. The lowest BCUT2D eigenvalue weighted by atomic mass is 10.2. The zero-order chi connectivity index (χ0) is 23.1. The van der Waals surface area contributed by atoms with Gasteiger partial charge in [0.05, 0.1) is 12.3 Å². The Balaban J connectivity index is 1.45. The van der Waals surface area contributed by atoms with Crippen LogP contribution in [0.5, 0.6) is 0 Å². The Bertz CT molecular complexity index is 1320. The number of carbonyl (C=O) groups excluding carboxylic acids is 1. The number of thioether (sulfide) groups is 1. The van der Waals surface area contributed by atoms with Crippen molar-refractivity contribution in [3.05, 3.63) is 68.1 Å². The fourth-order valence-electron chi connectivity index (χ4n) is 4.06. The molecule has 2 saturated carbocycles. The Labute approximate surface area is 194 Å². The van der Waals surface area contributed by atoms with E-state index in [-0.39, 0.29) is 30.2 Å². The number of anilines is 1. The second kappa shape index (κ2) is 8.66. The molecule has 2 heterocycles. The maximum absolute atomic E-state index is 13.2. The molecule has 0 unspecified atom stereocenters. The quantitative estimate of drug-likeness (QED) is 0.380. The van der Waals surface area contributed by atoms with Crippen LogP contribution in [0.4, 0.5) is 5.82 Å². The van der Waals surface area contributed by atoms with Crippen LogP contribution >= 0.6 is 11.8 Å². The van der Waals surface area contributed by atoms with Crippen LogP contribution in [0.25, 0.3) is 0 Å². The summed E-state index contributed by atoms with van der Waals surface area (Å²) < 4.78 is 4.53. The van der Waals surface area contributed by atoms with E-state index >= 15 is 0 Å². The van der Waals surface area contributed by atoms with Crippen LogP contribution in [0.2, 0.25) is 0 Å². The largest absolute Gasteiger partial charge is 0.384 e. The molecule has 2 N–H and O–H groups in total. The molecule has 9 nitrogen and oxygen atoms in total. The summed E-state index contributed by atoms with van der Waals surface area (Å²) in [4.78, 5) is 39.1. The third-order valence-corrected chi connectivity index (χ3v) is 7.07. The third-order valence-electron chi connectivity index (χ3n) is 6.12. The highest BCUT2D eigenvalue weighted by Crippen LogP contribution is 2.46. The molecule has 33 heavy (non-hydrogen) atoms. The maximum atomic E-state index is 13.2. The molecule has 0 radical (unpaired) electrons. The van der Waals surface area contributed by atoms with Crippen LogP contribution in [0.15, 0.2) is 45.1 Å². The fourth-order valence-corrected chi connectivity index (χ4v) is 4.94. The molecule has 2 aliphatic carbocycles. The maximum Gasteiger partial charge on any atom is 0.332 e. The van der Waals surface area contributed by atoms with Gasteiger partial charge in [0.15, 0.2) is 10.9 Å². The highest BCUT2D eigenvalue weighted by atomic mass is 32.2. The molecule has 0 spiro atoms. The van der Waals surface area contributed by atoms with E-state index in [0.717, 1.165) is 41.6 Å². The lowest BCUT2D eigenvalue weighted by molar-refractivity contribution is 0.102. The van der Waals surface area contributed by atoms with E-state index in [1.165, 1.54) is 16.3 Å². The van der Waals surface area contributed by atoms with Gasteiger partial charge in [-0.05, 0) is 38.2 Å². The van der Waals surface area contributed by atoms with Gasteiger partial charge in [0, 0.05) is 18.5 Å². The summed E-state index contributed by atoms with van der Waals surface area (Å²) in [6.07, 6.45) is 4.45. The number of aromatic nitrogens is 5.